The van der Waals surface area contributed by atoms with Gasteiger partial charge >= 0.3 is 0 Å². The summed E-state index contributed by atoms with van der Waals surface area (Å²) in [5, 5.41) is 1.96. The van der Waals surface area contributed by atoms with Gasteiger partial charge in [0.1, 0.15) is 5.82 Å². The molecule has 1 amide bonds. The Morgan fingerprint density at radius 3 is 2.86 bits per heavy atom. The van der Waals surface area contributed by atoms with Crippen molar-refractivity contribution in [2.24, 2.45) is 5.73 Å². The smallest absolute Gasteiger partial charge is 0.250 e. The molecule has 0 saturated carbocycles. The molecule has 1 aromatic heterocycles. The maximum Gasteiger partial charge on any atom is 0.250 e. The summed E-state index contributed by atoms with van der Waals surface area (Å²) in [6, 6.07) is 12.6. The first-order valence-corrected chi connectivity index (χ1v) is 9.84. The van der Waals surface area contributed by atoms with Crippen LogP contribution in [0.2, 0.25) is 5.02 Å². The summed E-state index contributed by atoms with van der Waals surface area (Å²) in [7, 11) is 2.08. The average molecular weight is 408 g/mol. The van der Waals surface area contributed by atoms with E-state index in [1.807, 2.05) is 18.2 Å². The largest absolute Gasteiger partial charge is 0.366 e. The van der Waals surface area contributed by atoms with Crippen LogP contribution in [0, 0.1) is 5.82 Å². The van der Waals surface area contributed by atoms with Gasteiger partial charge in [0.05, 0.1) is 11.1 Å². The number of primary amides is 1. The standard InChI is InChI=1S/C23H19ClFN3O/c1-28-8-7-14-12(11-28)3-2-4-15(14)20-18(25)10-17(23(26)29)22-21(20)16-9-13(24)5-6-19(16)27-22/h2-6,9-10,27H,7-8,11H2,1H3,(H2,26,29). The molecule has 0 unspecified atom stereocenters. The summed E-state index contributed by atoms with van der Waals surface area (Å²) in [4.78, 5) is 17.5. The third-order valence-electron chi connectivity index (χ3n) is 5.78. The topological polar surface area (TPSA) is 62.1 Å². The molecule has 29 heavy (non-hydrogen) atoms. The van der Waals surface area contributed by atoms with Crippen molar-refractivity contribution in [3.8, 4) is 11.1 Å². The van der Waals surface area contributed by atoms with Crippen LogP contribution in [-0.2, 0) is 13.0 Å². The van der Waals surface area contributed by atoms with Crippen LogP contribution in [0.1, 0.15) is 21.5 Å². The summed E-state index contributed by atoms with van der Waals surface area (Å²) in [6.07, 6.45) is 0.837. The van der Waals surface area contributed by atoms with Gasteiger partial charge in [-0.15, -0.1) is 0 Å². The molecule has 0 bridgehead atoms. The first-order valence-electron chi connectivity index (χ1n) is 9.47. The van der Waals surface area contributed by atoms with Crippen LogP contribution in [0.3, 0.4) is 0 Å². The van der Waals surface area contributed by atoms with Crippen LogP contribution < -0.4 is 5.73 Å². The number of hydrogen-bond acceptors (Lipinski definition) is 2. The zero-order chi connectivity index (χ0) is 20.3. The highest BCUT2D eigenvalue weighted by molar-refractivity contribution is 6.32. The first kappa shape index (κ1) is 18.2. The fourth-order valence-electron chi connectivity index (χ4n) is 4.46. The first-order chi connectivity index (χ1) is 13.9. The lowest BCUT2D eigenvalue weighted by molar-refractivity contribution is 0.100. The SMILES string of the molecule is CN1CCc2c(cccc2-c2c(F)cc(C(N)=O)c3[nH]c4ccc(Cl)cc4c23)C1. The fourth-order valence-corrected chi connectivity index (χ4v) is 4.63. The van der Waals surface area contributed by atoms with Crippen LogP contribution in [0.4, 0.5) is 4.39 Å². The normalized spacial score (nSPS) is 14.4. The maximum atomic E-state index is 15.5. The van der Waals surface area contributed by atoms with E-state index in [0.29, 0.717) is 21.5 Å². The van der Waals surface area contributed by atoms with E-state index < -0.39 is 11.7 Å². The molecule has 0 fully saturated rings. The van der Waals surface area contributed by atoms with Crippen molar-refractivity contribution in [3.63, 3.8) is 0 Å². The van der Waals surface area contributed by atoms with Crippen molar-refractivity contribution in [3.05, 3.63) is 70.0 Å². The number of rotatable bonds is 2. The Morgan fingerprint density at radius 1 is 1.24 bits per heavy atom. The highest BCUT2D eigenvalue weighted by Crippen LogP contribution is 2.41. The molecule has 146 valence electrons. The summed E-state index contributed by atoms with van der Waals surface area (Å²) in [6.45, 7) is 1.74. The molecule has 0 saturated heterocycles. The predicted octanol–water partition coefficient (Wildman–Crippen LogP) is 4.87. The van der Waals surface area contributed by atoms with Crippen LogP contribution in [0.25, 0.3) is 32.9 Å². The number of nitrogens with one attached hydrogen (secondary N) is 1. The molecule has 1 aliphatic heterocycles. The van der Waals surface area contributed by atoms with E-state index in [1.54, 1.807) is 12.1 Å². The second-order valence-corrected chi connectivity index (χ2v) is 8.08. The second kappa shape index (κ2) is 6.58. The van der Waals surface area contributed by atoms with Crippen molar-refractivity contribution in [2.75, 3.05) is 13.6 Å². The lowest BCUT2D eigenvalue weighted by Gasteiger charge is -2.27. The minimum Gasteiger partial charge on any atom is -0.366 e. The number of nitrogens with two attached hydrogens (primary N) is 1. The fraction of sp³-hybridized carbons (Fsp3) is 0.174. The third kappa shape index (κ3) is 2.81. The number of nitrogens with zero attached hydrogens (tertiary/aromatic N) is 1. The zero-order valence-electron chi connectivity index (χ0n) is 15.9. The van der Waals surface area contributed by atoms with Crippen molar-refractivity contribution in [1.82, 2.24) is 9.88 Å². The molecule has 0 aliphatic carbocycles. The number of halogens is 2. The van der Waals surface area contributed by atoms with E-state index in [0.717, 1.165) is 41.5 Å². The van der Waals surface area contributed by atoms with Gasteiger partial charge in [-0.3, -0.25) is 4.79 Å². The zero-order valence-corrected chi connectivity index (χ0v) is 16.6. The lowest BCUT2D eigenvalue weighted by Crippen LogP contribution is -2.26. The number of carbonyl (C=O) groups is 1. The van der Waals surface area contributed by atoms with E-state index >= 15 is 4.39 Å². The van der Waals surface area contributed by atoms with Crippen LogP contribution in [-0.4, -0.2) is 29.4 Å². The Bertz CT molecular complexity index is 1310. The van der Waals surface area contributed by atoms with Crippen molar-refractivity contribution in [2.45, 2.75) is 13.0 Å². The van der Waals surface area contributed by atoms with Crippen LogP contribution >= 0.6 is 11.6 Å². The number of likely N-dealkylation sites (N-methyl/N-ethyl adjacent to an activating group) is 1. The molecule has 0 radical (unpaired) electrons. The van der Waals surface area contributed by atoms with Gasteiger partial charge in [0.2, 0.25) is 0 Å². The minimum absolute atomic E-state index is 0.137. The third-order valence-corrected chi connectivity index (χ3v) is 6.02. The van der Waals surface area contributed by atoms with Gasteiger partial charge in [-0.25, -0.2) is 4.39 Å². The Balaban J connectivity index is 1.93. The molecule has 4 nitrogen and oxygen atoms in total. The second-order valence-electron chi connectivity index (χ2n) is 7.64. The number of fused-ring (bicyclic) bond motifs is 4. The number of H-pyrrole nitrogens is 1. The Labute approximate surface area is 172 Å². The Kier molecular flexibility index (Phi) is 4.12. The monoisotopic (exact) mass is 407 g/mol. The highest BCUT2D eigenvalue weighted by atomic mass is 35.5. The summed E-state index contributed by atoms with van der Waals surface area (Å²) in [5.41, 5.74) is 10.7. The molecule has 3 N–H and O–H groups in total. The van der Waals surface area contributed by atoms with Crippen LogP contribution in [0.15, 0.2) is 42.5 Å². The van der Waals surface area contributed by atoms with Crippen LogP contribution in [0.5, 0.6) is 0 Å². The summed E-state index contributed by atoms with van der Waals surface area (Å²) < 4.78 is 15.5. The molecule has 4 aromatic rings. The lowest BCUT2D eigenvalue weighted by atomic mass is 9.88. The predicted molar refractivity (Wildman–Crippen MR) is 115 cm³/mol. The Morgan fingerprint density at radius 2 is 2.07 bits per heavy atom. The molecule has 6 heteroatoms. The molecule has 1 aliphatic rings. The number of amides is 1. The number of benzene rings is 3. The number of hydrogen-bond donors (Lipinski definition) is 2. The Hall–Kier alpha value is -2.89. The van der Waals surface area contributed by atoms with Gasteiger partial charge < -0.3 is 15.6 Å². The van der Waals surface area contributed by atoms with Crippen molar-refractivity contribution < 1.29 is 9.18 Å². The quantitative estimate of drug-likeness (QED) is 0.498. The molecule has 5 rings (SSSR count). The van der Waals surface area contributed by atoms with Gasteiger partial charge in [-0.05, 0) is 54.4 Å². The van der Waals surface area contributed by atoms with E-state index in [-0.39, 0.29) is 5.56 Å². The summed E-state index contributed by atoms with van der Waals surface area (Å²) >= 11 is 6.24. The van der Waals surface area contributed by atoms with Gasteiger partial charge in [0, 0.05) is 40.0 Å². The van der Waals surface area contributed by atoms with Crippen molar-refractivity contribution >= 4 is 39.3 Å². The number of aromatic nitrogens is 1. The van der Waals surface area contributed by atoms with Gasteiger partial charge in [0.25, 0.3) is 5.91 Å². The molecular formula is C23H19ClFN3O. The number of carbonyl (C=O) groups excluding carboxylic acids is 1. The van der Waals surface area contributed by atoms with Gasteiger partial charge in [-0.2, -0.15) is 0 Å². The van der Waals surface area contributed by atoms with E-state index in [1.165, 1.54) is 11.6 Å². The molecule has 0 atom stereocenters. The molecule has 2 heterocycles. The highest BCUT2D eigenvalue weighted by Gasteiger charge is 2.24. The van der Waals surface area contributed by atoms with Gasteiger partial charge in [0.15, 0.2) is 0 Å². The maximum absolute atomic E-state index is 15.5. The van der Waals surface area contributed by atoms with Crippen molar-refractivity contribution in [1.29, 1.82) is 0 Å². The average Bonchev–Trinajstić information content (AvgIpc) is 3.05. The van der Waals surface area contributed by atoms with E-state index in [2.05, 4.69) is 23.0 Å². The molecule has 3 aromatic carbocycles. The minimum atomic E-state index is -0.671. The van der Waals surface area contributed by atoms with Gasteiger partial charge in [-0.1, -0.05) is 29.8 Å². The molecule has 0 spiro atoms. The van der Waals surface area contributed by atoms with E-state index in [9.17, 15) is 4.79 Å². The number of aromatic amines is 1. The van der Waals surface area contributed by atoms with E-state index in [4.69, 9.17) is 17.3 Å². The molecular weight excluding hydrogens is 389 g/mol. The summed E-state index contributed by atoms with van der Waals surface area (Å²) in [5.74, 6) is -1.13.